The van der Waals surface area contributed by atoms with E-state index < -0.39 is 17.9 Å². The molecule has 1 amide bonds. The van der Waals surface area contributed by atoms with E-state index >= 15 is 0 Å². The third-order valence-electron chi connectivity index (χ3n) is 5.51. The van der Waals surface area contributed by atoms with Gasteiger partial charge in [-0.3, -0.25) is 9.69 Å². The van der Waals surface area contributed by atoms with E-state index in [9.17, 15) is 14.4 Å². The molecule has 30 heavy (non-hydrogen) atoms. The monoisotopic (exact) mass is 434 g/mol. The number of benzene rings is 1. The molecule has 0 saturated carbocycles. The molecule has 160 valence electrons. The van der Waals surface area contributed by atoms with E-state index in [1.54, 1.807) is 4.90 Å². The van der Waals surface area contributed by atoms with Crippen molar-refractivity contribution in [2.75, 3.05) is 39.3 Å². The molecule has 0 aliphatic carbocycles. The van der Waals surface area contributed by atoms with Crippen LogP contribution in [0.25, 0.3) is 6.08 Å². The molecule has 0 radical (unpaired) electrons. The van der Waals surface area contributed by atoms with Gasteiger partial charge in [-0.15, -0.1) is 0 Å². The van der Waals surface area contributed by atoms with Gasteiger partial charge in [0.1, 0.15) is 6.54 Å². The lowest BCUT2D eigenvalue weighted by atomic mass is 9.95. The third-order valence-corrected chi connectivity index (χ3v) is 5.86. The van der Waals surface area contributed by atoms with Gasteiger partial charge in [0.05, 0.1) is 13.2 Å². The van der Waals surface area contributed by atoms with Crippen LogP contribution in [-0.2, 0) is 28.6 Å². The zero-order chi connectivity index (χ0) is 21.1. The molecule has 0 N–H and O–H groups in total. The fourth-order valence-electron chi connectivity index (χ4n) is 3.86. The fraction of sp³-hybridized carbons (Fsp3) is 0.476. The van der Waals surface area contributed by atoms with Crippen molar-refractivity contribution in [1.29, 1.82) is 0 Å². The zero-order valence-corrected chi connectivity index (χ0v) is 17.2. The minimum absolute atomic E-state index is 0.00349. The van der Waals surface area contributed by atoms with Crippen LogP contribution < -0.4 is 0 Å². The Labute approximate surface area is 179 Å². The van der Waals surface area contributed by atoms with E-state index in [1.165, 1.54) is 0 Å². The summed E-state index contributed by atoms with van der Waals surface area (Å²) in [5.41, 5.74) is 0.993. The van der Waals surface area contributed by atoms with Gasteiger partial charge in [0, 0.05) is 24.7 Å². The van der Waals surface area contributed by atoms with Crippen LogP contribution in [0.1, 0.15) is 18.4 Å². The predicted octanol–water partition coefficient (Wildman–Crippen LogP) is 1.68. The number of carbonyl (C=O) groups is 3. The Balaban J connectivity index is 1.26. The lowest BCUT2D eigenvalue weighted by Gasteiger charge is -2.37. The maximum atomic E-state index is 12.7. The number of hydrogen-bond donors (Lipinski definition) is 0. The number of rotatable bonds is 4. The fourth-order valence-corrected chi connectivity index (χ4v) is 4.06. The van der Waals surface area contributed by atoms with E-state index in [-0.39, 0.29) is 25.6 Å². The molecule has 1 spiro atoms. The summed E-state index contributed by atoms with van der Waals surface area (Å²) >= 11 is 6.19. The Morgan fingerprint density at radius 1 is 1.13 bits per heavy atom. The van der Waals surface area contributed by atoms with Crippen molar-refractivity contribution >= 4 is 35.5 Å². The summed E-state index contributed by atoms with van der Waals surface area (Å²) < 4.78 is 15.2. The van der Waals surface area contributed by atoms with Gasteiger partial charge in [-0.2, -0.15) is 0 Å². The molecule has 0 atom stereocenters. The molecule has 3 aliphatic heterocycles. The van der Waals surface area contributed by atoms with Crippen LogP contribution in [0, 0.1) is 5.92 Å². The molecule has 3 saturated heterocycles. The number of morpholine rings is 1. The quantitative estimate of drug-likeness (QED) is 0.526. The molecule has 1 aromatic rings. The smallest absolute Gasteiger partial charge is 0.388 e. The van der Waals surface area contributed by atoms with Gasteiger partial charge in [-0.05, 0) is 30.4 Å². The summed E-state index contributed by atoms with van der Waals surface area (Å²) in [7, 11) is 0. The van der Waals surface area contributed by atoms with Gasteiger partial charge in [0.15, 0.2) is 0 Å². The first-order valence-electron chi connectivity index (χ1n) is 9.97. The van der Waals surface area contributed by atoms with Gasteiger partial charge in [-0.25, -0.2) is 9.59 Å². The van der Waals surface area contributed by atoms with Gasteiger partial charge < -0.3 is 19.1 Å². The second-order valence-electron chi connectivity index (χ2n) is 7.62. The highest BCUT2D eigenvalue weighted by Gasteiger charge is 2.53. The maximum absolute atomic E-state index is 12.7. The Bertz CT molecular complexity index is 849. The molecule has 3 fully saturated rings. The molecule has 1 aromatic carbocycles. The van der Waals surface area contributed by atoms with Crippen molar-refractivity contribution < 1.29 is 28.6 Å². The van der Waals surface area contributed by atoms with Crippen LogP contribution in [0.3, 0.4) is 0 Å². The number of hydrogen-bond acceptors (Lipinski definition) is 7. The molecule has 0 unspecified atom stereocenters. The van der Waals surface area contributed by atoms with Crippen LogP contribution >= 0.6 is 11.6 Å². The molecule has 3 aliphatic rings. The normalized spacial score (nSPS) is 22.5. The first-order valence-corrected chi connectivity index (χ1v) is 10.3. The molecular weight excluding hydrogens is 412 g/mol. The van der Waals surface area contributed by atoms with Crippen LogP contribution in [0.4, 0.5) is 0 Å². The summed E-state index contributed by atoms with van der Waals surface area (Å²) in [5, 5.41) is 0.725. The Kier molecular flexibility index (Phi) is 6.08. The number of likely N-dealkylation sites (tertiary alicyclic amines) is 1. The lowest BCUT2D eigenvalue weighted by molar-refractivity contribution is -0.338. The highest BCUT2D eigenvalue weighted by atomic mass is 35.5. The zero-order valence-electron chi connectivity index (χ0n) is 16.4. The number of ether oxygens (including phenoxy) is 3. The number of halogens is 1. The molecule has 0 aromatic heterocycles. The maximum Gasteiger partial charge on any atom is 0.422 e. The van der Waals surface area contributed by atoms with Crippen LogP contribution in [-0.4, -0.2) is 72.9 Å². The Hall–Kier alpha value is -2.42. The van der Waals surface area contributed by atoms with Crippen LogP contribution in [0.15, 0.2) is 30.3 Å². The van der Waals surface area contributed by atoms with Gasteiger partial charge in [-0.1, -0.05) is 42.0 Å². The highest BCUT2D eigenvalue weighted by molar-refractivity contribution is 6.32. The molecule has 4 rings (SSSR count). The first kappa shape index (κ1) is 20.8. The molecular formula is C21H23ClN2O6. The minimum atomic E-state index is -1.72. The van der Waals surface area contributed by atoms with E-state index in [1.807, 2.05) is 35.2 Å². The van der Waals surface area contributed by atoms with Crippen molar-refractivity contribution in [3.63, 3.8) is 0 Å². The number of nitrogens with zero attached hydrogens (tertiary/aromatic N) is 2. The number of carbonyl (C=O) groups excluding carboxylic acids is 3. The second-order valence-corrected chi connectivity index (χ2v) is 8.03. The number of esters is 2. The molecule has 9 heteroatoms. The lowest BCUT2D eigenvalue weighted by Crippen LogP contribution is -2.55. The number of allylic oxidation sites excluding steroid dienone is 1. The Morgan fingerprint density at radius 3 is 2.53 bits per heavy atom. The van der Waals surface area contributed by atoms with E-state index in [4.69, 9.17) is 25.8 Å². The van der Waals surface area contributed by atoms with Crippen molar-refractivity contribution in [3.8, 4) is 0 Å². The van der Waals surface area contributed by atoms with Gasteiger partial charge >= 0.3 is 17.9 Å². The summed E-state index contributed by atoms with van der Waals surface area (Å²) in [6.45, 7) is 2.21. The minimum Gasteiger partial charge on any atom is -0.388 e. The first-order chi connectivity index (χ1) is 14.4. The van der Waals surface area contributed by atoms with E-state index in [0.29, 0.717) is 25.6 Å². The summed E-state index contributed by atoms with van der Waals surface area (Å²) in [6.07, 6.45) is 5.98. The number of piperidine rings is 1. The number of amides is 1. The average Bonchev–Trinajstić information content (AvgIpc) is 3.00. The molecule has 0 bridgehead atoms. The van der Waals surface area contributed by atoms with E-state index in [0.717, 1.165) is 23.4 Å². The summed E-state index contributed by atoms with van der Waals surface area (Å²) in [4.78, 5) is 39.0. The highest BCUT2D eigenvalue weighted by Crippen LogP contribution is 2.27. The summed E-state index contributed by atoms with van der Waals surface area (Å²) in [5.74, 6) is -3.47. The van der Waals surface area contributed by atoms with Crippen molar-refractivity contribution in [3.05, 3.63) is 40.9 Å². The third kappa shape index (κ3) is 4.66. The molecule has 3 heterocycles. The Morgan fingerprint density at radius 2 is 1.83 bits per heavy atom. The predicted molar refractivity (Wildman–Crippen MR) is 107 cm³/mol. The average molecular weight is 435 g/mol. The van der Waals surface area contributed by atoms with Crippen molar-refractivity contribution in [1.82, 2.24) is 9.80 Å². The topological polar surface area (TPSA) is 85.4 Å². The second kappa shape index (κ2) is 8.75. The molecule has 8 nitrogen and oxygen atoms in total. The van der Waals surface area contributed by atoms with Crippen LogP contribution in [0.2, 0.25) is 5.02 Å². The SMILES string of the molecule is O=C1OC2(CN(CC(=O)N3CCC(/C=C/c4ccccc4Cl)CC3)CCO2)OC1=O. The van der Waals surface area contributed by atoms with E-state index in [2.05, 4.69) is 6.08 Å². The van der Waals surface area contributed by atoms with Gasteiger partial charge in [0.2, 0.25) is 5.91 Å². The van der Waals surface area contributed by atoms with Crippen LogP contribution in [0.5, 0.6) is 0 Å². The van der Waals surface area contributed by atoms with Crippen molar-refractivity contribution in [2.45, 2.75) is 18.8 Å². The largest absolute Gasteiger partial charge is 0.422 e. The van der Waals surface area contributed by atoms with Crippen molar-refractivity contribution in [2.24, 2.45) is 5.92 Å². The van der Waals surface area contributed by atoms with Gasteiger partial charge in [0.25, 0.3) is 0 Å². The summed E-state index contributed by atoms with van der Waals surface area (Å²) in [6, 6.07) is 7.70. The standard InChI is InChI=1S/C21H23ClN2O6/c22-17-4-2-1-3-16(17)6-5-15-7-9-24(10-8-15)18(25)13-23-11-12-28-21(14-23)29-19(26)20(27)30-21/h1-6,15H,7-14H2/b6-5+.